The van der Waals surface area contributed by atoms with Crippen molar-refractivity contribution in [1.82, 2.24) is 20.7 Å². The topological polar surface area (TPSA) is 72.1 Å². The molecule has 1 aliphatic heterocycles. The molecule has 0 amide bonds. The van der Waals surface area contributed by atoms with Crippen LogP contribution < -0.4 is 5.32 Å². The normalized spacial score (nSPS) is 15.4. The van der Waals surface area contributed by atoms with E-state index in [0.29, 0.717) is 36.5 Å². The van der Waals surface area contributed by atoms with Crippen LogP contribution in [0.2, 0.25) is 0 Å². The maximum absolute atomic E-state index is 14.7. The molecule has 1 aliphatic rings. The van der Waals surface area contributed by atoms with Crippen LogP contribution in [0, 0.1) is 11.6 Å². The van der Waals surface area contributed by atoms with Crippen molar-refractivity contribution in [1.29, 1.82) is 0 Å². The van der Waals surface area contributed by atoms with E-state index < -0.39 is 17.7 Å². The number of nitrogens with zero attached hydrogens (tertiary/aromatic N) is 2. The Balaban J connectivity index is 2.00. The van der Waals surface area contributed by atoms with Gasteiger partial charge in [-0.15, -0.1) is 5.10 Å². The van der Waals surface area contributed by atoms with Crippen LogP contribution >= 0.6 is 12.2 Å². The minimum absolute atomic E-state index is 0.0275. The Kier molecular flexibility index (Phi) is 5.34. The minimum atomic E-state index is -0.701. The molecule has 0 bridgehead atoms. The second-order valence-corrected chi connectivity index (χ2v) is 5.75. The first kappa shape index (κ1) is 17.4. The molecular formula is C16H16F2N4O2S. The van der Waals surface area contributed by atoms with Gasteiger partial charge in [-0.2, -0.15) is 0 Å². The average Bonchev–Trinajstić information content (AvgIpc) is 3.14. The van der Waals surface area contributed by atoms with Gasteiger partial charge in [-0.05, 0) is 41.9 Å². The highest BCUT2D eigenvalue weighted by Gasteiger charge is 2.23. The van der Waals surface area contributed by atoms with Gasteiger partial charge >= 0.3 is 0 Å². The number of methoxy groups -OCH3 is 1. The van der Waals surface area contributed by atoms with Crippen LogP contribution in [0.3, 0.4) is 0 Å². The number of nitrogens with one attached hydrogen (secondary N) is 2. The molecule has 2 heterocycles. The summed E-state index contributed by atoms with van der Waals surface area (Å²) in [6, 6.07) is 1.83. The van der Waals surface area contributed by atoms with Crippen LogP contribution in [0.5, 0.6) is 0 Å². The number of hydrogen-bond donors (Lipinski definition) is 2. The molecule has 0 radical (unpaired) electrons. The van der Waals surface area contributed by atoms with Crippen LogP contribution in [0.1, 0.15) is 29.3 Å². The Bertz CT molecular complexity index is 772. The summed E-state index contributed by atoms with van der Waals surface area (Å²) in [5.41, 5.74) is 1.32. The van der Waals surface area contributed by atoms with E-state index in [0.717, 1.165) is 0 Å². The molecule has 0 fully saturated rings. The highest BCUT2D eigenvalue weighted by atomic mass is 32.1. The SMILES string of the molecule is COC(=S)NC(c1cc(F)c(C2=CCOCC2)c(F)c1)c1c[nH]nn1. The van der Waals surface area contributed by atoms with E-state index in [2.05, 4.69) is 20.7 Å². The van der Waals surface area contributed by atoms with Crippen LogP contribution in [0.4, 0.5) is 8.78 Å². The standard InChI is InChI=1S/C16H16F2N4O2S/c1-23-16(25)20-15(13-8-19-22-21-13)10-6-11(17)14(12(18)7-10)9-2-4-24-5-3-9/h2,6-8,15H,3-5H2,1H3,(H,20,25)(H,19,21,22). The van der Waals surface area contributed by atoms with Gasteiger partial charge in [-0.3, -0.25) is 5.10 Å². The zero-order valence-electron chi connectivity index (χ0n) is 13.4. The predicted molar refractivity (Wildman–Crippen MR) is 90.7 cm³/mol. The van der Waals surface area contributed by atoms with E-state index in [9.17, 15) is 8.78 Å². The Morgan fingerprint density at radius 1 is 1.40 bits per heavy atom. The molecule has 0 saturated heterocycles. The van der Waals surface area contributed by atoms with Gasteiger partial charge in [0.2, 0.25) is 0 Å². The summed E-state index contributed by atoms with van der Waals surface area (Å²) in [5.74, 6) is -1.30. The van der Waals surface area contributed by atoms with E-state index >= 15 is 0 Å². The molecular weight excluding hydrogens is 350 g/mol. The maximum atomic E-state index is 14.7. The third kappa shape index (κ3) is 3.83. The number of aromatic nitrogens is 3. The Morgan fingerprint density at radius 2 is 2.16 bits per heavy atom. The van der Waals surface area contributed by atoms with Crippen LogP contribution in [0.25, 0.3) is 5.57 Å². The van der Waals surface area contributed by atoms with Crippen LogP contribution in [-0.2, 0) is 9.47 Å². The summed E-state index contributed by atoms with van der Waals surface area (Å²) in [7, 11) is 1.40. The lowest BCUT2D eigenvalue weighted by molar-refractivity contribution is 0.161. The van der Waals surface area contributed by atoms with Crippen molar-refractivity contribution in [3.8, 4) is 0 Å². The van der Waals surface area contributed by atoms with Gasteiger partial charge in [-0.1, -0.05) is 11.3 Å². The van der Waals surface area contributed by atoms with Crippen LogP contribution in [0.15, 0.2) is 24.4 Å². The Labute approximate surface area is 148 Å². The van der Waals surface area contributed by atoms with Crippen molar-refractivity contribution in [2.45, 2.75) is 12.5 Å². The zero-order valence-corrected chi connectivity index (χ0v) is 14.2. The summed E-state index contributed by atoms with van der Waals surface area (Å²) < 4.78 is 39.4. The van der Waals surface area contributed by atoms with Crippen molar-refractivity contribution in [2.75, 3.05) is 20.3 Å². The average molecular weight is 366 g/mol. The fourth-order valence-electron chi connectivity index (χ4n) is 2.68. The second kappa shape index (κ2) is 7.66. The fraction of sp³-hybridized carbons (Fsp3) is 0.312. The number of halogens is 2. The number of hydrogen-bond acceptors (Lipinski definition) is 5. The first-order valence-electron chi connectivity index (χ1n) is 7.57. The predicted octanol–water partition coefficient (Wildman–Crippen LogP) is 2.50. The molecule has 132 valence electrons. The van der Waals surface area contributed by atoms with Gasteiger partial charge < -0.3 is 14.8 Å². The molecule has 1 atom stereocenters. The van der Waals surface area contributed by atoms with Crippen molar-refractivity contribution in [2.24, 2.45) is 0 Å². The lowest BCUT2D eigenvalue weighted by Crippen LogP contribution is -2.29. The van der Waals surface area contributed by atoms with Gasteiger partial charge in [0, 0.05) is 11.8 Å². The van der Waals surface area contributed by atoms with Gasteiger partial charge in [0.1, 0.15) is 23.4 Å². The third-order valence-corrected chi connectivity index (χ3v) is 4.15. The van der Waals surface area contributed by atoms with E-state index in [1.54, 1.807) is 6.08 Å². The smallest absolute Gasteiger partial charge is 0.257 e. The number of aromatic amines is 1. The first-order valence-corrected chi connectivity index (χ1v) is 7.98. The lowest BCUT2D eigenvalue weighted by Gasteiger charge is -2.20. The van der Waals surface area contributed by atoms with Crippen molar-refractivity contribution in [3.05, 3.63) is 52.9 Å². The van der Waals surface area contributed by atoms with E-state index in [1.807, 2.05) is 0 Å². The molecule has 0 saturated carbocycles. The third-order valence-electron chi connectivity index (χ3n) is 3.86. The van der Waals surface area contributed by atoms with E-state index in [1.165, 1.54) is 25.4 Å². The molecule has 2 N–H and O–H groups in total. The number of H-pyrrole nitrogens is 1. The Morgan fingerprint density at radius 3 is 2.72 bits per heavy atom. The minimum Gasteiger partial charge on any atom is -0.474 e. The molecule has 25 heavy (non-hydrogen) atoms. The van der Waals surface area contributed by atoms with Gasteiger partial charge in [0.15, 0.2) is 0 Å². The quantitative estimate of drug-likeness (QED) is 0.810. The number of rotatable bonds is 4. The van der Waals surface area contributed by atoms with E-state index in [-0.39, 0.29) is 10.7 Å². The molecule has 2 aromatic rings. The Hall–Kier alpha value is -2.39. The first-order chi connectivity index (χ1) is 12.1. The van der Waals surface area contributed by atoms with Gasteiger partial charge in [-0.25, -0.2) is 8.78 Å². The molecule has 0 aliphatic carbocycles. The molecule has 1 unspecified atom stereocenters. The maximum Gasteiger partial charge on any atom is 0.257 e. The monoisotopic (exact) mass is 366 g/mol. The van der Waals surface area contributed by atoms with Crippen molar-refractivity contribution >= 4 is 23.0 Å². The second-order valence-electron chi connectivity index (χ2n) is 5.38. The summed E-state index contributed by atoms with van der Waals surface area (Å²) in [6.07, 6.45) is 3.67. The number of thiocarbonyl (C=S) groups is 1. The van der Waals surface area contributed by atoms with Crippen molar-refractivity contribution in [3.63, 3.8) is 0 Å². The summed E-state index contributed by atoms with van der Waals surface area (Å²) >= 11 is 5.00. The fourth-order valence-corrected chi connectivity index (χ4v) is 2.79. The van der Waals surface area contributed by atoms with Gasteiger partial charge in [0.05, 0.1) is 20.3 Å². The summed E-state index contributed by atoms with van der Waals surface area (Å²) in [5, 5.41) is 13.0. The number of ether oxygens (including phenoxy) is 2. The largest absolute Gasteiger partial charge is 0.474 e. The highest BCUT2D eigenvalue weighted by molar-refractivity contribution is 7.80. The highest BCUT2D eigenvalue weighted by Crippen LogP contribution is 2.30. The zero-order chi connectivity index (χ0) is 17.8. The van der Waals surface area contributed by atoms with Gasteiger partial charge in [0.25, 0.3) is 5.17 Å². The molecule has 1 aromatic heterocycles. The lowest BCUT2D eigenvalue weighted by atomic mass is 9.96. The molecule has 9 heteroatoms. The summed E-state index contributed by atoms with van der Waals surface area (Å²) in [6.45, 7) is 0.791. The van der Waals surface area contributed by atoms with Crippen molar-refractivity contribution < 1.29 is 18.3 Å². The molecule has 6 nitrogen and oxygen atoms in total. The van der Waals surface area contributed by atoms with E-state index in [4.69, 9.17) is 21.7 Å². The summed E-state index contributed by atoms with van der Waals surface area (Å²) in [4.78, 5) is 0. The molecule has 0 spiro atoms. The molecule has 1 aromatic carbocycles. The molecule has 3 rings (SSSR count). The number of benzene rings is 1. The van der Waals surface area contributed by atoms with Crippen LogP contribution in [-0.4, -0.2) is 40.9 Å².